The Labute approximate surface area is 87.1 Å². The summed E-state index contributed by atoms with van der Waals surface area (Å²) in [5.74, 6) is 0.211. The van der Waals surface area contributed by atoms with Gasteiger partial charge < -0.3 is 9.52 Å². The second kappa shape index (κ2) is 3.27. The Hall–Kier alpha value is -1.49. The predicted molar refractivity (Wildman–Crippen MR) is 56.4 cm³/mol. The molecule has 4 nitrogen and oxygen atoms in total. The molecule has 1 aromatic heterocycles. The van der Waals surface area contributed by atoms with Crippen molar-refractivity contribution in [1.82, 2.24) is 0 Å². The maximum Gasteiger partial charge on any atom is 0.175 e. The standard InChI is InChI=1S/C10H10O4S/c1-15(12,13)6-8-5-7-3-2-4-9(11)10(7)14-8/h2-5,11H,6H2,1H3. The molecule has 1 aromatic carbocycles. The molecule has 2 aromatic rings. The molecule has 0 saturated heterocycles. The molecule has 0 aliphatic heterocycles. The fourth-order valence-electron chi connectivity index (χ4n) is 1.43. The van der Waals surface area contributed by atoms with Crippen molar-refractivity contribution in [3.8, 4) is 5.75 Å². The van der Waals surface area contributed by atoms with Crippen molar-refractivity contribution < 1.29 is 17.9 Å². The number of fused-ring (bicyclic) bond motifs is 1. The van der Waals surface area contributed by atoms with Crippen LogP contribution in [-0.2, 0) is 15.6 Å². The Kier molecular flexibility index (Phi) is 2.19. The number of hydrogen-bond donors (Lipinski definition) is 1. The van der Waals surface area contributed by atoms with Crippen molar-refractivity contribution in [2.75, 3.05) is 6.26 Å². The first-order chi connectivity index (χ1) is 6.96. The van der Waals surface area contributed by atoms with Crippen molar-refractivity contribution in [2.24, 2.45) is 0 Å². The number of sulfone groups is 1. The molecule has 0 fully saturated rings. The van der Waals surface area contributed by atoms with Gasteiger partial charge in [-0.2, -0.15) is 0 Å². The minimum absolute atomic E-state index is 0.0206. The van der Waals surface area contributed by atoms with E-state index in [4.69, 9.17) is 4.42 Å². The van der Waals surface area contributed by atoms with Crippen LogP contribution in [-0.4, -0.2) is 19.8 Å². The van der Waals surface area contributed by atoms with Crippen LogP contribution in [0.15, 0.2) is 28.7 Å². The Balaban J connectivity index is 2.53. The summed E-state index contributed by atoms with van der Waals surface area (Å²) < 4.78 is 27.3. The number of phenolic OH excluding ortho intramolecular Hbond substituents is 1. The summed E-state index contributed by atoms with van der Waals surface area (Å²) >= 11 is 0. The van der Waals surface area contributed by atoms with Gasteiger partial charge in [-0.3, -0.25) is 0 Å². The molecule has 2 rings (SSSR count). The first kappa shape index (κ1) is 10.0. The lowest BCUT2D eigenvalue weighted by Crippen LogP contribution is -1.98. The average molecular weight is 226 g/mol. The SMILES string of the molecule is CS(=O)(=O)Cc1cc2cccc(O)c2o1. The molecule has 0 aliphatic rings. The second-order valence-electron chi connectivity index (χ2n) is 3.48. The van der Waals surface area contributed by atoms with Gasteiger partial charge in [0, 0.05) is 11.6 Å². The minimum Gasteiger partial charge on any atom is -0.504 e. The summed E-state index contributed by atoms with van der Waals surface area (Å²) in [5, 5.41) is 10.1. The minimum atomic E-state index is -3.11. The van der Waals surface area contributed by atoms with Crippen molar-refractivity contribution >= 4 is 20.8 Å². The first-order valence-corrected chi connectivity index (χ1v) is 6.40. The highest BCUT2D eigenvalue weighted by Crippen LogP contribution is 2.28. The van der Waals surface area contributed by atoms with E-state index in [-0.39, 0.29) is 11.5 Å². The Morgan fingerprint density at radius 1 is 1.40 bits per heavy atom. The van der Waals surface area contributed by atoms with Crippen LogP contribution in [0.25, 0.3) is 11.0 Å². The Morgan fingerprint density at radius 3 is 2.73 bits per heavy atom. The van der Waals surface area contributed by atoms with Crippen LogP contribution < -0.4 is 0 Å². The van der Waals surface area contributed by atoms with E-state index in [9.17, 15) is 13.5 Å². The lowest BCUT2D eigenvalue weighted by molar-refractivity contribution is 0.460. The van der Waals surface area contributed by atoms with E-state index in [1.165, 1.54) is 6.07 Å². The molecule has 0 radical (unpaired) electrons. The van der Waals surface area contributed by atoms with Gasteiger partial charge in [0.15, 0.2) is 21.2 Å². The molecule has 0 bridgehead atoms. The van der Waals surface area contributed by atoms with Crippen molar-refractivity contribution in [3.63, 3.8) is 0 Å². The predicted octanol–water partition coefficient (Wildman–Crippen LogP) is 1.68. The van der Waals surface area contributed by atoms with Gasteiger partial charge >= 0.3 is 0 Å². The highest BCUT2D eigenvalue weighted by atomic mass is 32.2. The number of phenols is 1. The maximum absolute atomic E-state index is 11.0. The highest BCUT2D eigenvalue weighted by molar-refractivity contribution is 7.89. The monoisotopic (exact) mass is 226 g/mol. The van der Waals surface area contributed by atoms with Crippen LogP contribution in [0.3, 0.4) is 0 Å². The van der Waals surface area contributed by atoms with E-state index in [1.54, 1.807) is 18.2 Å². The lowest BCUT2D eigenvalue weighted by Gasteiger charge is -1.92. The number of para-hydroxylation sites is 1. The summed E-state index contributed by atoms with van der Waals surface area (Å²) in [5.41, 5.74) is 0.330. The fraction of sp³-hybridized carbons (Fsp3) is 0.200. The molecule has 80 valence electrons. The van der Waals surface area contributed by atoms with E-state index < -0.39 is 9.84 Å². The summed E-state index contributed by atoms with van der Waals surface area (Å²) in [6, 6.07) is 6.55. The molecular formula is C10H10O4S. The Morgan fingerprint density at radius 2 is 2.13 bits per heavy atom. The molecule has 0 saturated carbocycles. The Bertz CT molecular complexity index is 595. The average Bonchev–Trinajstić information content (AvgIpc) is 2.45. The summed E-state index contributed by atoms with van der Waals surface area (Å²) in [6.45, 7) is 0. The van der Waals surface area contributed by atoms with Gasteiger partial charge in [-0.1, -0.05) is 12.1 Å². The zero-order valence-electron chi connectivity index (χ0n) is 8.10. The van der Waals surface area contributed by atoms with Crippen LogP contribution in [0, 0.1) is 0 Å². The normalized spacial score (nSPS) is 12.1. The highest BCUT2D eigenvalue weighted by Gasteiger charge is 2.11. The van der Waals surface area contributed by atoms with Crippen LogP contribution in [0.1, 0.15) is 5.76 Å². The zero-order chi connectivity index (χ0) is 11.1. The molecule has 15 heavy (non-hydrogen) atoms. The van der Waals surface area contributed by atoms with E-state index >= 15 is 0 Å². The quantitative estimate of drug-likeness (QED) is 0.846. The first-order valence-electron chi connectivity index (χ1n) is 4.34. The molecule has 0 unspecified atom stereocenters. The van der Waals surface area contributed by atoms with Crippen LogP contribution >= 0.6 is 0 Å². The number of benzene rings is 1. The third kappa shape index (κ3) is 2.12. The van der Waals surface area contributed by atoms with Crippen molar-refractivity contribution in [3.05, 3.63) is 30.0 Å². The smallest absolute Gasteiger partial charge is 0.175 e. The summed E-state index contributed by atoms with van der Waals surface area (Å²) in [4.78, 5) is 0. The fourth-order valence-corrected chi connectivity index (χ4v) is 2.09. The third-order valence-corrected chi connectivity index (χ3v) is 2.79. The van der Waals surface area contributed by atoms with Crippen molar-refractivity contribution in [1.29, 1.82) is 0 Å². The van der Waals surface area contributed by atoms with Gasteiger partial charge in [-0.25, -0.2) is 8.42 Å². The van der Waals surface area contributed by atoms with Crippen molar-refractivity contribution in [2.45, 2.75) is 5.75 Å². The summed E-state index contributed by atoms with van der Waals surface area (Å²) in [7, 11) is -3.11. The number of rotatable bonds is 2. The molecule has 5 heteroatoms. The molecule has 0 spiro atoms. The maximum atomic E-state index is 11.0. The van der Waals surface area contributed by atoms with E-state index in [0.717, 1.165) is 6.26 Å². The summed E-state index contributed by atoms with van der Waals surface area (Å²) in [6.07, 6.45) is 1.14. The van der Waals surface area contributed by atoms with Gasteiger partial charge in [0.1, 0.15) is 11.5 Å². The zero-order valence-corrected chi connectivity index (χ0v) is 8.91. The van der Waals surface area contributed by atoms with Crippen LogP contribution in [0.4, 0.5) is 0 Å². The molecule has 0 atom stereocenters. The van der Waals surface area contributed by atoms with E-state index in [0.29, 0.717) is 16.7 Å². The largest absolute Gasteiger partial charge is 0.504 e. The molecule has 0 aliphatic carbocycles. The molecule has 1 heterocycles. The second-order valence-corrected chi connectivity index (χ2v) is 5.62. The lowest BCUT2D eigenvalue weighted by atomic mass is 10.2. The van der Waals surface area contributed by atoms with E-state index in [1.807, 2.05) is 0 Å². The van der Waals surface area contributed by atoms with Gasteiger partial charge in [0.25, 0.3) is 0 Å². The van der Waals surface area contributed by atoms with E-state index in [2.05, 4.69) is 0 Å². The molecular weight excluding hydrogens is 216 g/mol. The number of furan rings is 1. The number of aromatic hydroxyl groups is 1. The molecule has 1 N–H and O–H groups in total. The number of hydrogen-bond acceptors (Lipinski definition) is 4. The molecule has 0 amide bonds. The van der Waals surface area contributed by atoms with Gasteiger partial charge in [0.2, 0.25) is 0 Å². The van der Waals surface area contributed by atoms with Crippen LogP contribution in [0.2, 0.25) is 0 Å². The van der Waals surface area contributed by atoms with Gasteiger partial charge in [-0.05, 0) is 12.1 Å². The van der Waals surface area contributed by atoms with Crippen LogP contribution in [0.5, 0.6) is 5.75 Å². The van der Waals surface area contributed by atoms with Gasteiger partial charge in [-0.15, -0.1) is 0 Å². The third-order valence-electron chi connectivity index (χ3n) is 1.98. The van der Waals surface area contributed by atoms with Gasteiger partial charge in [0.05, 0.1) is 0 Å². The topological polar surface area (TPSA) is 67.5 Å².